The maximum absolute atomic E-state index is 3.71. The molecule has 1 nitrogen and oxygen atoms in total. The third kappa shape index (κ3) is 3.57. The molecule has 19 heavy (non-hydrogen) atoms. The largest absolute Gasteiger partial charge is 0.310 e. The molecular formula is C18H25N. The SMILES string of the molecule is CCCNC(CC(C)C)c1cccc2ccccc12. The predicted octanol–water partition coefficient (Wildman–Crippen LogP) is 4.93. The summed E-state index contributed by atoms with van der Waals surface area (Å²) in [6.45, 7) is 7.90. The number of benzene rings is 2. The fourth-order valence-corrected chi connectivity index (χ4v) is 2.66. The Morgan fingerprint density at radius 2 is 1.74 bits per heavy atom. The molecule has 0 saturated carbocycles. The first-order chi connectivity index (χ1) is 9.22. The van der Waals surface area contributed by atoms with Gasteiger partial charge in [0, 0.05) is 6.04 Å². The van der Waals surface area contributed by atoms with E-state index in [1.54, 1.807) is 0 Å². The van der Waals surface area contributed by atoms with E-state index in [-0.39, 0.29) is 0 Å². The van der Waals surface area contributed by atoms with Crippen molar-refractivity contribution in [1.82, 2.24) is 5.32 Å². The van der Waals surface area contributed by atoms with E-state index in [1.807, 2.05) is 0 Å². The summed E-state index contributed by atoms with van der Waals surface area (Å²) in [4.78, 5) is 0. The van der Waals surface area contributed by atoms with E-state index in [4.69, 9.17) is 0 Å². The summed E-state index contributed by atoms with van der Waals surface area (Å²) in [5.74, 6) is 0.702. The van der Waals surface area contributed by atoms with Crippen molar-refractivity contribution in [2.45, 2.75) is 39.7 Å². The van der Waals surface area contributed by atoms with Gasteiger partial charge in [0.25, 0.3) is 0 Å². The molecule has 0 aliphatic rings. The average molecular weight is 255 g/mol. The summed E-state index contributed by atoms with van der Waals surface area (Å²) in [7, 11) is 0. The van der Waals surface area contributed by atoms with E-state index < -0.39 is 0 Å². The van der Waals surface area contributed by atoms with Gasteiger partial charge in [-0.05, 0) is 41.6 Å². The third-order valence-corrected chi connectivity index (χ3v) is 3.55. The van der Waals surface area contributed by atoms with E-state index >= 15 is 0 Å². The van der Waals surface area contributed by atoms with Gasteiger partial charge in [0.2, 0.25) is 0 Å². The molecule has 0 aliphatic heterocycles. The Balaban J connectivity index is 2.37. The van der Waals surface area contributed by atoms with Crippen LogP contribution in [0.4, 0.5) is 0 Å². The standard InChI is InChI=1S/C18H25N/c1-4-12-19-18(13-14(2)3)17-11-7-9-15-8-5-6-10-16(15)17/h5-11,14,18-19H,4,12-13H2,1-3H3. The summed E-state index contributed by atoms with van der Waals surface area (Å²) >= 11 is 0. The monoisotopic (exact) mass is 255 g/mol. The highest BCUT2D eigenvalue weighted by atomic mass is 14.9. The Bertz CT molecular complexity index is 511. The number of hydrogen-bond acceptors (Lipinski definition) is 1. The Morgan fingerprint density at radius 1 is 1.00 bits per heavy atom. The van der Waals surface area contributed by atoms with Crippen molar-refractivity contribution in [3.63, 3.8) is 0 Å². The minimum absolute atomic E-state index is 0.464. The Hall–Kier alpha value is -1.34. The molecule has 1 unspecified atom stereocenters. The maximum Gasteiger partial charge on any atom is 0.0328 e. The Kier molecular flexibility index (Phi) is 4.98. The van der Waals surface area contributed by atoms with Crippen LogP contribution in [0.25, 0.3) is 10.8 Å². The van der Waals surface area contributed by atoms with Crippen LogP contribution in [-0.4, -0.2) is 6.54 Å². The first-order valence-corrected chi connectivity index (χ1v) is 7.43. The molecule has 2 aromatic rings. The molecule has 0 spiro atoms. The van der Waals surface area contributed by atoms with E-state index in [0.717, 1.165) is 6.54 Å². The number of rotatable bonds is 6. The van der Waals surface area contributed by atoms with Crippen LogP contribution in [0, 0.1) is 5.92 Å². The highest BCUT2D eigenvalue weighted by molar-refractivity contribution is 5.86. The van der Waals surface area contributed by atoms with Crippen molar-refractivity contribution in [3.8, 4) is 0 Å². The van der Waals surface area contributed by atoms with Gasteiger partial charge in [-0.25, -0.2) is 0 Å². The lowest BCUT2D eigenvalue weighted by Crippen LogP contribution is -2.23. The molecule has 1 heteroatoms. The zero-order valence-corrected chi connectivity index (χ0v) is 12.3. The second-order valence-corrected chi connectivity index (χ2v) is 5.70. The molecule has 0 saturated heterocycles. The Labute approximate surface area is 117 Å². The van der Waals surface area contributed by atoms with Crippen LogP contribution in [0.2, 0.25) is 0 Å². The third-order valence-electron chi connectivity index (χ3n) is 3.55. The van der Waals surface area contributed by atoms with Crippen molar-refractivity contribution < 1.29 is 0 Å². The lowest BCUT2D eigenvalue weighted by atomic mass is 9.93. The molecule has 0 heterocycles. The van der Waals surface area contributed by atoms with Gasteiger partial charge in [-0.2, -0.15) is 0 Å². The molecule has 0 amide bonds. The molecule has 2 aromatic carbocycles. The van der Waals surface area contributed by atoms with Gasteiger partial charge in [-0.1, -0.05) is 63.2 Å². The summed E-state index contributed by atoms with van der Waals surface area (Å²) in [5.41, 5.74) is 1.44. The fraction of sp³-hybridized carbons (Fsp3) is 0.444. The van der Waals surface area contributed by atoms with Gasteiger partial charge in [0.1, 0.15) is 0 Å². The molecule has 1 N–H and O–H groups in total. The Morgan fingerprint density at radius 3 is 2.47 bits per heavy atom. The number of hydrogen-bond donors (Lipinski definition) is 1. The van der Waals surface area contributed by atoms with Crippen LogP contribution in [0.5, 0.6) is 0 Å². The van der Waals surface area contributed by atoms with Crippen LogP contribution in [-0.2, 0) is 0 Å². The molecular weight excluding hydrogens is 230 g/mol. The topological polar surface area (TPSA) is 12.0 Å². The second-order valence-electron chi connectivity index (χ2n) is 5.70. The molecule has 1 atom stereocenters. The van der Waals surface area contributed by atoms with Gasteiger partial charge in [-0.3, -0.25) is 0 Å². The quantitative estimate of drug-likeness (QED) is 0.772. The average Bonchev–Trinajstić information content (AvgIpc) is 2.42. The van der Waals surface area contributed by atoms with Crippen LogP contribution in [0.3, 0.4) is 0 Å². The molecule has 0 radical (unpaired) electrons. The van der Waals surface area contributed by atoms with Gasteiger partial charge in [-0.15, -0.1) is 0 Å². The maximum atomic E-state index is 3.71. The smallest absolute Gasteiger partial charge is 0.0328 e. The first kappa shape index (κ1) is 14.1. The van der Waals surface area contributed by atoms with Gasteiger partial charge >= 0.3 is 0 Å². The second kappa shape index (κ2) is 6.72. The van der Waals surface area contributed by atoms with Crippen LogP contribution >= 0.6 is 0 Å². The summed E-state index contributed by atoms with van der Waals surface area (Å²) in [6, 6.07) is 15.8. The van der Waals surface area contributed by atoms with E-state index in [9.17, 15) is 0 Å². The van der Waals surface area contributed by atoms with Crippen molar-refractivity contribution in [2.75, 3.05) is 6.54 Å². The van der Waals surface area contributed by atoms with Crippen LogP contribution in [0.15, 0.2) is 42.5 Å². The van der Waals surface area contributed by atoms with E-state index in [1.165, 1.54) is 29.2 Å². The normalized spacial score (nSPS) is 13.1. The highest BCUT2D eigenvalue weighted by Crippen LogP contribution is 2.28. The van der Waals surface area contributed by atoms with Crippen LogP contribution in [0.1, 0.15) is 45.2 Å². The zero-order valence-electron chi connectivity index (χ0n) is 12.3. The molecule has 0 fully saturated rings. The first-order valence-electron chi connectivity index (χ1n) is 7.43. The predicted molar refractivity (Wildman–Crippen MR) is 84.4 cm³/mol. The molecule has 0 aliphatic carbocycles. The summed E-state index contributed by atoms with van der Waals surface area (Å²) < 4.78 is 0. The van der Waals surface area contributed by atoms with Crippen molar-refractivity contribution in [3.05, 3.63) is 48.0 Å². The lowest BCUT2D eigenvalue weighted by Gasteiger charge is -2.22. The summed E-state index contributed by atoms with van der Waals surface area (Å²) in [6.07, 6.45) is 2.37. The molecule has 2 rings (SSSR count). The summed E-state index contributed by atoms with van der Waals surface area (Å²) in [5, 5.41) is 6.44. The number of fused-ring (bicyclic) bond motifs is 1. The molecule has 102 valence electrons. The molecule has 0 aromatic heterocycles. The molecule has 0 bridgehead atoms. The number of nitrogens with one attached hydrogen (secondary N) is 1. The van der Waals surface area contributed by atoms with Crippen molar-refractivity contribution >= 4 is 10.8 Å². The van der Waals surface area contributed by atoms with Crippen molar-refractivity contribution in [1.29, 1.82) is 0 Å². The van der Waals surface area contributed by atoms with E-state index in [0.29, 0.717) is 12.0 Å². The van der Waals surface area contributed by atoms with Gasteiger partial charge in [0.15, 0.2) is 0 Å². The van der Waals surface area contributed by atoms with E-state index in [2.05, 4.69) is 68.6 Å². The fourth-order valence-electron chi connectivity index (χ4n) is 2.66. The van der Waals surface area contributed by atoms with Crippen LogP contribution < -0.4 is 5.32 Å². The van der Waals surface area contributed by atoms with Gasteiger partial charge in [0.05, 0.1) is 0 Å². The lowest BCUT2D eigenvalue weighted by molar-refractivity contribution is 0.432. The van der Waals surface area contributed by atoms with Gasteiger partial charge < -0.3 is 5.32 Å². The zero-order chi connectivity index (χ0) is 13.7. The highest BCUT2D eigenvalue weighted by Gasteiger charge is 2.14. The van der Waals surface area contributed by atoms with Crippen molar-refractivity contribution in [2.24, 2.45) is 5.92 Å². The minimum atomic E-state index is 0.464. The minimum Gasteiger partial charge on any atom is -0.310 e.